The van der Waals surface area contributed by atoms with Gasteiger partial charge in [-0.1, -0.05) is 0 Å². The number of benzene rings is 1. The molecule has 0 heterocycles. The number of rotatable bonds is 7. The summed E-state index contributed by atoms with van der Waals surface area (Å²) < 4.78 is 10.8. The van der Waals surface area contributed by atoms with Gasteiger partial charge in [0.05, 0.1) is 13.2 Å². The van der Waals surface area contributed by atoms with Crippen molar-refractivity contribution in [3.8, 4) is 11.5 Å². The van der Waals surface area contributed by atoms with Gasteiger partial charge >= 0.3 is 0 Å². The molecule has 0 atom stereocenters. The van der Waals surface area contributed by atoms with E-state index in [2.05, 4.69) is 5.32 Å². The molecule has 1 aliphatic carbocycles. The molecule has 0 saturated heterocycles. The zero-order valence-corrected chi connectivity index (χ0v) is 12.2. The number of aliphatic hydroxyl groups excluding tert-OH is 1. The Morgan fingerprint density at radius 1 is 1.10 bits per heavy atom. The fraction of sp³-hybridized carbons (Fsp3) is 0.625. The molecule has 1 aromatic rings. The van der Waals surface area contributed by atoms with Crippen molar-refractivity contribution in [1.82, 2.24) is 5.32 Å². The Bertz CT molecular complexity index is 372. The van der Waals surface area contributed by atoms with Crippen LogP contribution >= 0.6 is 0 Å². The van der Waals surface area contributed by atoms with Crippen molar-refractivity contribution in [3.05, 3.63) is 24.3 Å². The minimum Gasteiger partial charge on any atom is -0.497 e. The Morgan fingerprint density at radius 2 is 1.75 bits per heavy atom. The van der Waals surface area contributed by atoms with Gasteiger partial charge in [0, 0.05) is 6.54 Å². The van der Waals surface area contributed by atoms with E-state index in [0.29, 0.717) is 12.5 Å². The van der Waals surface area contributed by atoms with Crippen LogP contribution in [0.5, 0.6) is 11.5 Å². The maximum Gasteiger partial charge on any atom is 0.119 e. The third kappa shape index (κ3) is 5.02. The SMILES string of the molecule is COc1ccc(OCCNCC2CCC(O)CC2)cc1. The van der Waals surface area contributed by atoms with E-state index in [-0.39, 0.29) is 6.10 Å². The second-order valence-corrected chi connectivity index (χ2v) is 5.40. The van der Waals surface area contributed by atoms with Gasteiger partial charge < -0.3 is 19.9 Å². The molecule has 1 aliphatic rings. The second kappa shape index (κ2) is 8.12. The van der Waals surface area contributed by atoms with Crippen molar-refractivity contribution in [1.29, 1.82) is 0 Å². The molecule has 0 bridgehead atoms. The van der Waals surface area contributed by atoms with Crippen LogP contribution in [0.3, 0.4) is 0 Å². The van der Waals surface area contributed by atoms with Crippen LogP contribution in [0.2, 0.25) is 0 Å². The first-order chi connectivity index (χ1) is 9.78. The highest BCUT2D eigenvalue weighted by molar-refractivity contribution is 5.31. The van der Waals surface area contributed by atoms with E-state index < -0.39 is 0 Å². The minimum absolute atomic E-state index is 0.0651. The Hall–Kier alpha value is -1.26. The van der Waals surface area contributed by atoms with Crippen LogP contribution in [0.25, 0.3) is 0 Å². The molecule has 0 amide bonds. The van der Waals surface area contributed by atoms with Gasteiger partial charge in [-0.25, -0.2) is 0 Å². The number of aliphatic hydroxyl groups is 1. The number of hydrogen-bond acceptors (Lipinski definition) is 4. The molecule has 0 aromatic heterocycles. The quantitative estimate of drug-likeness (QED) is 0.751. The zero-order chi connectivity index (χ0) is 14.2. The van der Waals surface area contributed by atoms with Gasteiger partial charge in [0.15, 0.2) is 0 Å². The molecule has 1 saturated carbocycles. The van der Waals surface area contributed by atoms with Crippen LogP contribution in [0.1, 0.15) is 25.7 Å². The Balaban J connectivity index is 1.55. The summed E-state index contributed by atoms with van der Waals surface area (Å²) in [6.07, 6.45) is 4.11. The summed E-state index contributed by atoms with van der Waals surface area (Å²) in [5.74, 6) is 2.42. The van der Waals surface area contributed by atoms with E-state index in [0.717, 1.165) is 50.3 Å². The molecule has 1 fully saturated rings. The summed E-state index contributed by atoms with van der Waals surface area (Å²) in [5.41, 5.74) is 0. The van der Waals surface area contributed by atoms with Crippen molar-refractivity contribution in [3.63, 3.8) is 0 Å². The van der Waals surface area contributed by atoms with Crippen LogP contribution in [-0.2, 0) is 0 Å². The maximum atomic E-state index is 9.45. The summed E-state index contributed by atoms with van der Waals surface area (Å²) in [7, 11) is 1.66. The maximum absolute atomic E-state index is 9.45. The molecule has 0 spiro atoms. The van der Waals surface area contributed by atoms with Crippen LogP contribution in [0.4, 0.5) is 0 Å². The molecule has 2 rings (SSSR count). The van der Waals surface area contributed by atoms with Crippen molar-refractivity contribution in [2.75, 3.05) is 26.8 Å². The minimum atomic E-state index is -0.0651. The van der Waals surface area contributed by atoms with Gasteiger partial charge in [0.2, 0.25) is 0 Å². The van der Waals surface area contributed by atoms with Crippen molar-refractivity contribution >= 4 is 0 Å². The topological polar surface area (TPSA) is 50.7 Å². The Kier molecular flexibility index (Phi) is 6.15. The average molecular weight is 279 g/mol. The number of methoxy groups -OCH3 is 1. The zero-order valence-electron chi connectivity index (χ0n) is 12.2. The molecule has 4 heteroatoms. The molecule has 4 nitrogen and oxygen atoms in total. The normalized spacial score (nSPS) is 22.5. The van der Waals surface area contributed by atoms with Crippen molar-refractivity contribution < 1.29 is 14.6 Å². The van der Waals surface area contributed by atoms with Crippen LogP contribution < -0.4 is 14.8 Å². The summed E-state index contributed by atoms with van der Waals surface area (Å²) in [5, 5.41) is 12.9. The van der Waals surface area contributed by atoms with Gasteiger partial charge in [-0.3, -0.25) is 0 Å². The predicted octanol–water partition coefficient (Wildman–Crippen LogP) is 2.21. The lowest BCUT2D eigenvalue weighted by Crippen LogP contribution is -2.30. The first kappa shape index (κ1) is 15.1. The largest absolute Gasteiger partial charge is 0.497 e. The lowest BCUT2D eigenvalue weighted by Gasteiger charge is -2.25. The van der Waals surface area contributed by atoms with E-state index >= 15 is 0 Å². The highest BCUT2D eigenvalue weighted by Crippen LogP contribution is 2.23. The van der Waals surface area contributed by atoms with E-state index in [9.17, 15) is 5.11 Å². The highest BCUT2D eigenvalue weighted by Gasteiger charge is 2.18. The third-order valence-electron chi connectivity index (χ3n) is 3.86. The van der Waals surface area contributed by atoms with Gasteiger partial charge in [0.1, 0.15) is 18.1 Å². The van der Waals surface area contributed by atoms with Crippen LogP contribution in [0.15, 0.2) is 24.3 Å². The van der Waals surface area contributed by atoms with E-state index in [1.807, 2.05) is 24.3 Å². The second-order valence-electron chi connectivity index (χ2n) is 5.40. The molecule has 2 N–H and O–H groups in total. The number of ether oxygens (including phenoxy) is 2. The molecule has 0 unspecified atom stereocenters. The van der Waals surface area contributed by atoms with Gasteiger partial charge in [-0.05, 0) is 62.4 Å². The fourth-order valence-electron chi connectivity index (χ4n) is 2.57. The van der Waals surface area contributed by atoms with Gasteiger partial charge in [-0.15, -0.1) is 0 Å². The van der Waals surface area contributed by atoms with Gasteiger partial charge in [-0.2, -0.15) is 0 Å². The monoisotopic (exact) mass is 279 g/mol. The van der Waals surface area contributed by atoms with Gasteiger partial charge in [0.25, 0.3) is 0 Å². The van der Waals surface area contributed by atoms with E-state index in [1.54, 1.807) is 7.11 Å². The summed E-state index contributed by atoms with van der Waals surface area (Å²) in [6, 6.07) is 7.63. The number of nitrogens with one attached hydrogen (secondary N) is 1. The molecule has 0 aliphatic heterocycles. The molecular formula is C16H25NO3. The number of hydrogen-bond donors (Lipinski definition) is 2. The summed E-state index contributed by atoms with van der Waals surface area (Å²) in [6.45, 7) is 2.55. The predicted molar refractivity (Wildman–Crippen MR) is 79.3 cm³/mol. The van der Waals surface area contributed by atoms with Crippen molar-refractivity contribution in [2.45, 2.75) is 31.8 Å². The molecular weight excluding hydrogens is 254 g/mol. The lowest BCUT2D eigenvalue weighted by molar-refractivity contribution is 0.108. The molecule has 20 heavy (non-hydrogen) atoms. The first-order valence-electron chi connectivity index (χ1n) is 7.43. The molecule has 1 aromatic carbocycles. The highest BCUT2D eigenvalue weighted by atomic mass is 16.5. The van der Waals surface area contributed by atoms with E-state index in [1.165, 1.54) is 0 Å². The third-order valence-corrected chi connectivity index (χ3v) is 3.86. The standard InChI is InChI=1S/C16H25NO3/c1-19-15-6-8-16(9-7-15)20-11-10-17-12-13-2-4-14(18)5-3-13/h6-9,13-14,17-18H,2-5,10-12H2,1H3. The smallest absolute Gasteiger partial charge is 0.119 e. The summed E-state index contributed by atoms with van der Waals surface area (Å²) in [4.78, 5) is 0. The average Bonchev–Trinajstić information content (AvgIpc) is 2.49. The van der Waals surface area contributed by atoms with E-state index in [4.69, 9.17) is 9.47 Å². The lowest BCUT2D eigenvalue weighted by atomic mass is 9.87. The van der Waals surface area contributed by atoms with Crippen LogP contribution in [0, 0.1) is 5.92 Å². The molecule has 112 valence electrons. The Labute approximate surface area is 121 Å². The molecule has 0 radical (unpaired) electrons. The summed E-state index contributed by atoms with van der Waals surface area (Å²) >= 11 is 0. The van der Waals surface area contributed by atoms with Crippen LogP contribution in [-0.4, -0.2) is 38.0 Å². The Morgan fingerprint density at radius 3 is 2.40 bits per heavy atom. The first-order valence-corrected chi connectivity index (χ1v) is 7.43. The fourth-order valence-corrected chi connectivity index (χ4v) is 2.57. The van der Waals surface area contributed by atoms with Crippen molar-refractivity contribution in [2.24, 2.45) is 5.92 Å².